The maximum atomic E-state index is 13.1. The second-order valence-electron chi connectivity index (χ2n) is 8.57. The summed E-state index contributed by atoms with van der Waals surface area (Å²) in [5.74, 6) is 0.369. The van der Waals surface area contributed by atoms with Crippen LogP contribution in [0.15, 0.2) is 65.7 Å². The van der Waals surface area contributed by atoms with Gasteiger partial charge in [-0.05, 0) is 47.7 Å². The van der Waals surface area contributed by atoms with Crippen molar-refractivity contribution in [3.8, 4) is 11.4 Å². The minimum Gasteiger partial charge on any atom is -0.491 e. The lowest BCUT2D eigenvalue weighted by Gasteiger charge is -2.20. The van der Waals surface area contributed by atoms with Gasteiger partial charge >= 0.3 is 6.18 Å². The molecule has 0 N–H and O–H groups in total. The fourth-order valence-corrected chi connectivity index (χ4v) is 4.60. The Balaban J connectivity index is 1.13. The molecule has 2 aliphatic rings. The van der Waals surface area contributed by atoms with Gasteiger partial charge in [0.05, 0.1) is 18.7 Å². The molecular weight excluding hydrogens is 449 g/mol. The SMILES string of the molecule is O=C(Cc1ccc(-n2ncccc2=O)cc1)N1CC2C(COc3cccnc3C(F)(F)F)C2C1. The molecule has 176 valence electrons. The van der Waals surface area contributed by atoms with Crippen molar-refractivity contribution in [2.24, 2.45) is 17.8 Å². The van der Waals surface area contributed by atoms with Gasteiger partial charge in [0.2, 0.25) is 5.91 Å². The average molecular weight is 470 g/mol. The molecule has 2 fully saturated rings. The Morgan fingerprint density at radius 3 is 2.41 bits per heavy atom. The van der Waals surface area contributed by atoms with Crippen LogP contribution >= 0.6 is 0 Å². The zero-order valence-electron chi connectivity index (χ0n) is 18.0. The average Bonchev–Trinajstić information content (AvgIpc) is 3.26. The fraction of sp³-hybridized carbons (Fsp3) is 0.333. The lowest BCUT2D eigenvalue weighted by atomic mass is 10.1. The first-order valence-corrected chi connectivity index (χ1v) is 10.9. The molecule has 0 spiro atoms. The number of piperidine rings is 1. The number of fused-ring (bicyclic) bond motifs is 1. The van der Waals surface area contributed by atoms with E-state index in [1.807, 2.05) is 0 Å². The van der Waals surface area contributed by atoms with Crippen molar-refractivity contribution >= 4 is 5.91 Å². The van der Waals surface area contributed by atoms with Gasteiger partial charge in [0, 0.05) is 37.5 Å². The lowest BCUT2D eigenvalue weighted by molar-refractivity contribution is -0.142. The van der Waals surface area contributed by atoms with E-state index in [0.717, 1.165) is 11.8 Å². The van der Waals surface area contributed by atoms with Crippen molar-refractivity contribution in [2.75, 3.05) is 19.7 Å². The molecule has 2 aromatic heterocycles. The van der Waals surface area contributed by atoms with Gasteiger partial charge in [-0.1, -0.05) is 12.1 Å². The van der Waals surface area contributed by atoms with Gasteiger partial charge < -0.3 is 9.64 Å². The van der Waals surface area contributed by atoms with Crippen LogP contribution in [0.1, 0.15) is 11.3 Å². The number of hydrogen-bond donors (Lipinski definition) is 0. The highest BCUT2D eigenvalue weighted by Gasteiger charge is 2.56. The highest BCUT2D eigenvalue weighted by molar-refractivity contribution is 5.79. The van der Waals surface area contributed by atoms with E-state index in [0.29, 0.717) is 18.8 Å². The van der Waals surface area contributed by atoms with Crippen LogP contribution in [0.25, 0.3) is 5.69 Å². The van der Waals surface area contributed by atoms with Crippen molar-refractivity contribution in [1.82, 2.24) is 19.7 Å². The monoisotopic (exact) mass is 470 g/mol. The van der Waals surface area contributed by atoms with E-state index in [9.17, 15) is 22.8 Å². The number of ether oxygens (including phenoxy) is 1. The number of hydrogen-bond acceptors (Lipinski definition) is 5. The van der Waals surface area contributed by atoms with E-state index >= 15 is 0 Å². The summed E-state index contributed by atoms with van der Waals surface area (Å²) < 4.78 is 45.9. The van der Waals surface area contributed by atoms with Crippen LogP contribution in [0.4, 0.5) is 13.2 Å². The van der Waals surface area contributed by atoms with Crippen LogP contribution in [-0.2, 0) is 17.4 Å². The third-order valence-corrected chi connectivity index (χ3v) is 6.45. The number of nitrogens with zero attached hydrogens (tertiary/aromatic N) is 4. The van der Waals surface area contributed by atoms with Gasteiger partial charge in [-0.2, -0.15) is 23.0 Å². The molecule has 10 heteroatoms. The number of aromatic nitrogens is 3. The van der Waals surface area contributed by atoms with Crippen molar-refractivity contribution in [3.05, 3.63) is 82.5 Å². The second kappa shape index (κ2) is 8.58. The summed E-state index contributed by atoms with van der Waals surface area (Å²) in [6.07, 6.45) is -1.70. The molecule has 0 bridgehead atoms. The standard InChI is InChI=1S/C24H21F3N4O3/c25-24(26,27)23-20(3-1-9-28-23)34-14-19-17-12-30(13-18(17)19)22(33)11-15-5-7-16(8-6-15)31-21(32)4-2-10-29-31/h1-10,17-19H,11-14H2. The summed E-state index contributed by atoms with van der Waals surface area (Å²) >= 11 is 0. The zero-order chi connectivity index (χ0) is 23.9. The normalized spacial score (nSPS) is 21.3. The van der Waals surface area contributed by atoms with E-state index in [-0.39, 0.29) is 48.0 Å². The minimum atomic E-state index is -4.56. The quantitative estimate of drug-likeness (QED) is 0.554. The van der Waals surface area contributed by atoms with Crippen LogP contribution in [0.5, 0.6) is 5.75 Å². The van der Waals surface area contributed by atoms with Crippen molar-refractivity contribution < 1.29 is 22.7 Å². The lowest BCUT2D eigenvalue weighted by Crippen LogP contribution is -2.33. The van der Waals surface area contributed by atoms with Gasteiger partial charge in [-0.3, -0.25) is 9.59 Å². The fourth-order valence-electron chi connectivity index (χ4n) is 4.60. The van der Waals surface area contributed by atoms with Crippen LogP contribution < -0.4 is 10.3 Å². The van der Waals surface area contributed by atoms with Crippen molar-refractivity contribution in [3.63, 3.8) is 0 Å². The van der Waals surface area contributed by atoms with Crippen LogP contribution in [-0.4, -0.2) is 45.3 Å². The number of benzene rings is 1. The van der Waals surface area contributed by atoms with Crippen molar-refractivity contribution in [2.45, 2.75) is 12.6 Å². The molecule has 1 saturated carbocycles. The molecular formula is C24H21F3N4O3. The maximum Gasteiger partial charge on any atom is 0.437 e. The summed E-state index contributed by atoms with van der Waals surface area (Å²) in [4.78, 5) is 29.8. The zero-order valence-corrected chi connectivity index (χ0v) is 18.0. The molecule has 34 heavy (non-hydrogen) atoms. The smallest absolute Gasteiger partial charge is 0.437 e. The molecule has 1 saturated heterocycles. The van der Waals surface area contributed by atoms with E-state index in [2.05, 4.69) is 10.1 Å². The minimum absolute atomic E-state index is 0.00115. The number of carbonyl (C=O) groups excluding carboxylic acids is 1. The third kappa shape index (κ3) is 4.40. The van der Waals surface area contributed by atoms with Gasteiger partial charge in [-0.15, -0.1) is 0 Å². The summed E-state index contributed by atoms with van der Waals surface area (Å²) in [6, 6.07) is 12.8. The van der Waals surface area contributed by atoms with Crippen LogP contribution in [0.3, 0.4) is 0 Å². The Morgan fingerprint density at radius 2 is 1.74 bits per heavy atom. The molecule has 3 aromatic rings. The first-order chi connectivity index (χ1) is 16.3. The predicted octanol–water partition coefficient (Wildman–Crippen LogP) is 2.97. The Morgan fingerprint density at radius 1 is 1.03 bits per heavy atom. The molecule has 7 nitrogen and oxygen atoms in total. The van der Waals surface area contributed by atoms with Gasteiger partial charge in [0.15, 0.2) is 5.69 Å². The molecule has 2 unspecified atom stereocenters. The van der Waals surface area contributed by atoms with E-state index in [4.69, 9.17) is 4.74 Å². The second-order valence-corrected chi connectivity index (χ2v) is 8.57. The molecule has 0 radical (unpaired) electrons. The number of carbonyl (C=O) groups is 1. The number of alkyl halides is 3. The van der Waals surface area contributed by atoms with E-state index in [1.54, 1.807) is 35.2 Å². The highest BCUT2D eigenvalue weighted by atomic mass is 19.4. The Labute approximate surface area is 192 Å². The molecule has 1 aliphatic carbocycles. The Hall–Kier alpha value is -3.69. The molecule has 1 aliphatic heterocycles. The Kier molecular flexibility index (Phi) is 5.59. The van der Waals surface area contributed by atoms with Crippen molar-refractivity contribution in [1.29, 1.82) is 0 Å². The maximum absolute atomic E-state index is 13.1. The number of pyridine rings is 1. The third-order valence-electron chi connectivity index (χ3n) is 6.45. The van der Waals surface area contributed by atoms with Crippen LogP contribution in [0, 0.1) is 17.8 Å². The summed E-state index contributed by atoms with van der Waals surface area (Å²) in [6.45, 7) is 1.34. The molecule has 2 atom stereocenters. The molecule has 1 amide bonds. The largest absolute Gasteiger partial charge is 0.491 e. The number of likely N-dealkylation sites (tertiary alicyclic amines) is 1. The van der Waals surface area contributed by atoms with Gasteiger partial charge in [0.1, 0.15) is 5.75 Å². The topological polar surface area (TPSA) is 77.3 Å². The number of halogens is 3. The number of amides is 1. The highest BCUT2D eigenvalue weighted by Crippen LogP contribution is 2.52. The van der Waals surface area contributed by atoms with E-state index in [1.165, 1.54) is 29.1 Å². The van der Waals surface area contributed by atoms with Gasteiger partial charge in [-0.25, -0.2) is 4.98 Å². The van der Waals surface area contributed by atoms with Gasteiger partial charge in [0.25, 0.3) is 5.56 Å². The summed E-state index contributed by atoms with van der Waals surface area (Å²) in [7, 11) is 0. The summed E-state index contributed by atoms with van der Waals surface area (Å²) in [5.41, 5.74) is 0.194. The number of rotatable bonds is 6. The first kappa shape index (κ1) is 22.1. The van der Waals surface area contributed by atoms with Crippen LogP contribution in [0.2, 0.25) is 0 Å². The molecule has 3 heterocycles. The predicted molar refractivity (Wildman–Crippen MR) is 115 cm³/mol. The molecule has 1 aromatic carbocycles. The first-order valence-electron chi connectivity index (χ1n) is 10.9. The van der Waals surface area contributed by atoms with E-state index < -0.39 is 11.9 Å². The Bertz CT molecular complexity index is 1250. The molecule has 5 rings (SSSR count). The summed E-state index contributed by atoms with van der Waals surface area (Å²) in [5, 5.41) is 4.03.